The van der Waals surface area contributed by atoms with E-state index in [0.29, 0.717) is 31.9 Å². The number of nitrogens with zero attached hydrogens (tertiary/aromatic N) is 5. The van der Waals surface area contributed by atoms with Gasteiger partial charge in [-0.25, -0.2) is 4.98 Å². The number of benzene rings is 1. The SMILES string of the molecule is Cc1nc(N2CCc3ccccc3CC2)c([N+](=O)[O-])c(=O)n1CCCc1cccnc1. The number of aryl methyl sites for hydroxylation is 2. The average molecular weight is 419 g/mol. The summed E-state index contributed by atoms with van der Waals surface area (Å²) in [5, 5.41) is 11.9. The van der Waals surface area contributed by atoms with Crippen LogP contribution in [0.2, 0.25) is 0 Å². The second kappa shape index (κ2) is 9.07. The van der Waals surface area contributed by atoms with Crippen molar-refractivity contribution in [2.45, 2.75) is 39.2 Å². The first kappa shape index (κ1) is 20.7. The molecule has 31 heavy (non-hydrogen) atoms. The topological polar surface area (TPSA) is 94.2 Å². The summed E-state index contributed by atoms with van der Waals surface area (Å²) in [4.78, 5) is 34.9. The van der Waals surface area contributed by atoms with Crippen LogP contribution in [0.15, 0.2) is 53.6 Å². The van der Waals surface area contributed by atoms with Crippen molar-refractivity contribution in [3.05, 3.63) is 91.8 Å². The molecule has 0 spiro atoms. The lowest BCUT2D eigenvalue weighted by Gasteiger charge is -2.22. The highest BCUT2D eigenvalue weighted by molar-refractivity contribution is 5.57. The molecule has 0 fully saturated rings. The second-order valence-corrected chi connectivity index (χ2v) is 7.77. The van der Waals surface area contributed by atoms with Gasteiger partial charge in [0.15, 0.2) is 0 Å². The lowest BCUT2D eigenvalue weighted by molar-refractivity contribution is -0.386. The van der Waals surface area contributed by atoms with Crippen molar-refractivity contribution in [1.29, 1.82) is 0 Å². The van der Waals surface area contributed by atoms with Crippen molar-refractivity contribution in [1.82, 2.24) is 14.5 Å². The maximum absolute atomic E-state index is 13.1. The Balaban J connectivity index is 1.59. The van der Waals surface area contributed by atoms with Crippen LogP contribution >= 0.6 is 0 Å². The molecular formula is C23H25N5O3. The van der Waals surface area contributed by atoms with Gasteiger partial charge in [0.05, 0.1) is 4.92 Å². The van der Waals surface area contributed by atoms with E-state index in [1.807, 2.05) is 29.2 Å². The highest BCUT2D eigenvalue weighted by Crippen LogP contribution is 2.26. The smallest absolute Gasteiger partial charge is 0.350 e. The Kier molecular flexibility index (Phi) is 6.06. The molecule has 0 bridgehead atoms. The van der Waals surface area contributed by atoms with Crippen molar-refractivity contribution in [3.8, 4) is 0 Å². The fraction of sp³-hybridized carbons (Fsp3) is 0.348. The van der Waals surface area contributed by atoms with E-state index in [4.69, 9.17) is 0 Å². The van der Waals surface area contributed by atoms with Crippen LogP contribution in [0.5, 0.6) is 0 Å². The minimum absolute atomic E-state index is 0.184. The van der Waals surface area contributed by atoms with Crippen LogP contribution in [-0.2, 0) is 25.8 Å². The quantitative estimate of drug-likeness (QED) is 0.450. The van der Waals surface area contributed by atoms with E-state index in [1.54, 1.807) is 19.3 Å². The Morgan fingerprint density at radius 3 is 2.42 bits per heavy atom. The van der Waals surface area contributed by atoms with E-state index < -0.39 is 16.2 Å². The van der Waals surface area contributed by atoms with Gasteiger partial charge in [-0.15, -0.1) is 0 Å². The third kappa shape index (κ3) is 4.47. The highest BCUT2D eigenvalue weighted by Gasteiger charge is 2.29. The zero-order valence-corrected chi connectivity index (χ0v) is 17.5. The molecule has 0 N–H and O–H groups in total. The van der Waals surface area contributed by atoms with Crippen LogP contribution in [0, 0.1) is 17.0 Å². The summed E-state index contributed by atoms with van der Waals surface area (Å²) in [6.07, 6.45) is 6.44. The molecule has 1 aliphatic heterocycles. The molecule has 0 atom stereocenters. The number of hydrogen-bond donors (Lipinski definition) is 0. The number of rotatable bonds is 6. The maximum Gasteiger partial charge on any atom is 0.376 e. The number of hydrogen-bond acceptors (Lipinski definition) is 6. The maximum atomic E-state index is 13.1. The molecule has 160 valence electrons. The van der Waals surface area contributed by atoms with Crippen LogP contribution in [-0.4, -0.2) is 32.5 Å². The molecule has 3 heterocycles. The third-order valence-electron chi connectivity index (χ3n) is 5.79. The Morgan fingerprint density at radius 1 is 1.10 bits per heavy atom. The van der Waals surface area contributed by atoms with Gasteiger partial charge in [0.1, 0.15) is 5.82 Å². The highest BCUT2D eigenvalue weighted by atomic mass is 16.6. The molecule has 8 heteroatoms. The summed E-state index contributed by atoms with van der Waals surface area (Å²) in [7, 11) is 0. The predicted octanol–water partition coefficient (Wildman–Crippen LogP) is 3.09. The van der Waals surface area contributed by atoms with Crippen LogP contribution in [0.4, 0.5) is 11.5 Å². The van der Waals surface area contributed by atoms with Crippen molar-refractivity contribution in [2.24, 2.45) is 0 Å². The van der Waals surface area contributed by atoms with Gasteiger partial charge in [-0.2, -0.15) is 0 Å². The van der Waals surface area contributed by atoms with Crippen LogP contribution < -0.4 is 10.5 Å². The number of fused-ring (bicyclic) bond motifs is 1. The van der Waals surface area contributed by atoms with Crippen molar-refractivity contribution in [2.75, 3.05) is 18.0 Å². The van der Waals surface area contributed by atoms with Gasteiger partial charge in [0.2, 0.25) is 5.82 Å². The van der Waals surface area contributed by atoms with E-state index in [9.17, 15) is 14.9 Å². The first-order valence-corrected chi connectivity index (χ1v) is 10.5. The fourth-order valence-corrected chi connectivity index (χ4v) is 4.15. The Morgan fingerprint density at radius 2 is 1.81 bits per heavy atom. The lowest BCUT2D eigenvalue weighted by Crippen LogP contribution is -2.34. The minimum atomic E-state index is -0.584. The average Bonchev–Trinajstić information content (AvgIpc) is 2.99. The Hall–Kier alpha value is -3.55. The molecule has 0 saturated heterocycles. The van der Waals surface area contributed by atoms with Crippen molar-refractivity contribution >= 4 is 11.5 Å². The molecule has 4 rings (SSSR count). The predicted molar refractivity (Wildman–Crippen MR) is 119 cm³/mol. The zero-order valence-electron chi connectivity index (χ0n) is 17.5. The Labute approximate surface area is 180 Å². The van der Waals surface area contributed by atoms with Gasteiger partial charge in [0, 0.05) is 32.0 Å². The van der Waals surface area contributed by atoms with Crippen molar-refractivity contribution in [3.63, 3.8) is 0 Å². The van der Waals surface area contributed by atoms with Gasteiger partial charge in [-0.1, -0.05) is 30.3 Å². The molecule has 1 aromatic carbocycles. The Bertz CT molecular complexity index is 1120. The molecule has 0 aliphatic carbocycles. The molecule has 1 aliphatic rings. The molecule has 8 nitrogen and oxygen atoms in total. The van der Waals surface area contributed by atoms with E-state index in [1.165, 1.54) is 15.7 Å². The number of aromatic nitrogens is 3. The van der Waals surface area contributed by atoms with E-state index in [2.05, 4.69) is 22.1 Å². The summed E-state index contributed by atoms with van der Waals surface area (Å²) in [6.45, 7) is 3.30. The second-order valence-electron chi connectivity index (χ2n) is 7.77. The van der Waals surface area contributed by atoms with E-state index in [0.717, 1.165) is 24.8 Å². The van der Waals surface area contributed by atoms with Crippen LogP contribution in [0.1, 0.15) is 28.9 Å². The lowest BCUT2D eigenvalue weighted by atomic mass is 10.0. The molecule has 0 amide bonds. The number of anilines is 1. The third-order valence-corrected chi connectivity index (χ3v) is 5.79. The molecule has 0 radical (unpaired) electrons. The summed E-state index contributed by atoms with van der Waals surface area (Å²) in [6, 6.07) is 12.0. The first-order valence-electron chi connectivity index (χ1n) is 10.5. The van der Waals surface area contributed by atoms with E-state index >= 15 is 0 Å². The zero-order chi connectivity index (χ0) is 21.8. The normalized spacial score (nSPS) is 13.5. The summed E-state index contributed by atoms with van der Waals surface area (Å²) >= 11 is 0. The van der Waals surface area contributed by atoms with Crippen LogP contribution in [0.3, 0.4) is 0 Å². The number of pyridine rings is 1. The molecule has 3 aromatic rings. The fourth-order valence-electron chi connectivity index (χ4n) is 4.15. The standard InChI is InChI=1S/C23H25N5O3/c1-17-25-22(26-14-10-19-8-2-3-9-20(19)11-15-26)21(28(30)31)23(29)27(17)13-5-7-18-6-4-12-24-16-18/h2-4,6,8-9,12,16H,5,7,10-11,13-15H2,1H3. The van der Waals surface area contributed by atoms with Gasteiger partial charge in [0.25, 0.3) is 0 Å². The first-order chi connectivity index (χ1) is 15.0. The molecular weight excluding hydrogens is 394 g/mol. The number of nitro groups is 1. The summed E-state index contributed by atoms with van der Waals surface area (Å²) in [5.74, 6) is 0.683. The van der Waals surface area contributed by atoms with Gasteiger partial charge < -0.3 is 4.90 Å². The summed E-state index contributed by atoms with van der Waals surface area (Å²) in [5.41, 5.74) is 2.54. The molecule has 0 unspecified atom stereocenters. The van der Waals surface area contributed by atoms with E-state index in [-0.39, 0.29) is 5.82 Å². The molecule has 2 aromatic heterocycles. The van der Waals surface area contributed by atoms with Crippen molar-refractivity contribution < 1.29 is 4.92 Å². The van der Waals surface area contributed by atoms with Gasteiger partial charge in [-0.05, 0) is 55.4 Å². The minimum Gasteiger partial charge on any atom is -0.350 e. The summed E-state index contributed by atoms with van der Waals surface area (Å²) < 4.78 is 1.42. The largest absolute Gasteiger partial charge is 0.376 e. The van der Waals surface area contributed by atoms with Crippen LogP contribution in [0.25, 0.3) is 0 Å². The molecule has 0 saturated carbocycles. The van der Waals surface area contributed by atoms with Gasteiger partial charge in [-0.3, -0.25) is 24.5 Å². The monoisotopic (exact) mass is 419 g/mol. The van der Waals surface area contributed by atoms with Gasteiger partial charge >= 0.3 is 11.2 Å².